The van der Waals surface area contributed by atoms with Gasteiger partial charge in [0.15, 0.2) is 0 Å². The van der Waals surface area contributed by atoms with E-state index < -0.39 is 11.6 Å². The fraction of sp³-hybridized carbons (Fsp3) is 0.778. The number of nitrogens with one attached hydrogen (secondary N) is 1. The molecule has 9 heteroatoms. The molecule has 2 aliphatic heterocycles. The predicted molar refractivity (Wildman–Crippen MR) is 95.9 cm³/mol. The Morgan fingerprint density at radius 1 is 1.00 bits per heavy atom. The maximum atomic E-state index is 12.9. The van der Waals surface area contributed by atoms with Crippen molar-refractivity contribution in [2.24, 2.45) is 0 Å². The van der Waals surface area contributed by atoms with Crippen LogP contribution in [0.4, 0.5) is 9.59 Å². The van der Waals surface area contributed by atoms with Crippen LogP contribution in [0.1, 0.15) is 45.4 Å². The molecule has 3 aliphatic rings. The van der Waals surface area contributed by atoms with Crippen molar-refractivity contribution in [3.05, 3.63) is 0 Å². The van der Waals surface area contributed by atoms with Crippen LogP contribution < -0.4 is 5.32 Å². The Hall–Kier alpha value is -2.32. The number of rotatable bonds is 3. The Kier molecular flexibility index (Phi) is 5.86. The molecule has 0 radical (unpaired) electrons. The molecule has 0 bridgehead atoms. The molecule has 9 nitrogen and oxygen atoms in total. The second-order valence-electron chi connectivity index (χ2n) is 7.38. The second kappa shape index (κ2) is 8.14. The molecule has 5 amide bonds. The van der Waals surface area contributed by atoms with Gasteiger partial charge in [0.05, 0.1) is 6.61 Å². The second-order valence-corrected chi connectivity index (χ2v) is 7.38. The van der Waals surface area contributed by atoms with E-state index in [2.05, 4.69) is 5.32 Å². The van der Waals surface area contributed by atoms with E-state index in [0.29, 0.717) is 45.6 Å². The van der Waals surface area contributed by atoms with Crippen molar-refractivity contribution in [2.75, 3.05) is 39.3 Å². The Bertz CT molecular complexity index is 607. The number of carbonyl (C=O) groups is 4. The van der Waals surface area contributed by atoms with E-state index >= 15 is 0 Å². The highest BCUT2D eigenvalue weighted by atomic mass is 16.6. The van der Waals surface area contributed by atoms with Crippen LogP contribution in [0, 0.1) is 0 Å². The molecule has 0 aromatic carbocycles. The van der Waals surface area contributed by atoms with Crippen LogP contribution in [0.2, 0.25) is 0 Å². The molecular formula is C18H28N4O5. The monoisotopic (exact) mass is 380 g/mol. The molecule has 3 fully saturated rings. The standard InChI is InChI=1S/C18H28N4O5/c1-2-27-17(26)21-11-9-20(10-12-21)14(23)13-22-15(24)18(19-16(22)25)7-5-3-4-6-8-18/h2-13H2,1H3,(H,19,25). The highest BCUT2D eigenvalue weighted by Gasteiger charge is 2.51. The van der Waals surface area contributed by atoms with Gasteiger partial charge in [0.25, 0.3) is 5.91 Å². The number of imide groups is 1. The molecule has 2 heterocycles. The molecule has 3 rings (SSSR count). The number of nitrogens with zero attached hydrogens (tertiary/aromatic N) is 3. The van der Waals surface area contributed by atoms with Crippen LogP contribution in [0.5, 0.6) is 0 Å². The number of hydrogen-bond donors (Lipinski definition) is 1. The third-order valence-corrected chi connectivity index (χ3v) is 5.65. The number of piperazine rings is 1. The highest BCUT2D eigenvalue weighted by Crippen LogP contribution is 2.32. The van der Waals surface area contributed by atoms with E-state index in [9.17, 15) is 19.2 Å². The summed E-state index contributed by atoms with van der Waals surface area (Å²) in [6.07, 6.45) is 4.84. The third kappa shape index (κ3) is 4.01. The summed E-state index contributed by atoms with van der Waals surface area (Å²) in [7, 11) is 0. The molecule has 1 N–H and O–H groups in total. The third-order valence-electron chi connectivity index (χ3n) is 5.65. The Labute approximate surface area is 159 Å². The van der Waals surface area contributed by atoms with Crippen LogP contribution in [-0.4, -0.2) is 83.5 Å². The molecule has 2 saturated heterocycles. The summed E-state index contributed by atoms with van der Waals surface area (Å²) in [4.78, 5) is 53.8. The Morgan fingerprint density at radius 2 is 1.59 bits per heavy atom. The summed E-state index contributed by atoms with van der Waals surface area (Å²) in [5.41, 5.74) is -0.823. The molecule has 1 aliphatic carbocycles. The van der Waals surface area contributed by atoms with E-state index in [-0.39, 0.29) is 24.5 Å². The Balaban J connectivity index is 1.56. The van der Waals surface area contributed by atoms with Gasteiger partial charge in [-0.2, -0.15) is 0 Å². The zero-order valence-corrected chi connectivity index (χ0v) is 15.9. The highest BCUT2D eigenvalue weighted by molar-refractivity contribution is 6.09. The quantitative estimate of drug-likeness (QED) is 0.735. The molecule has 0 unspecified atom stereocenters. The fourth-order valence-corrected chi connectivity index (χ4v) is 4.08. The van der Waals surface area contributed by atoms with Crippen molar-refractivity contribution >= 4 is 23.9 Å². The molecule has 0 aromatic rings. The maximum Gasteiger partial charge on any atom is 0.409 e. The van der Waals surface area contributed by atoms with Crippen molar-refractivity contribution < 1.29 is 23.9 Å². The lowest BCUT2D eigenvalue weighted by molar-refractivity contribution is -0.140. The molecule has 150 valence electrons. The summed E-state index contributed by atoms with van der Waals surface area (Å²) in [6.45, 7) is 3.32. The number of urea groups is 1. The summed E-state index contributed by atoms with van der Waals surface area (Å²) >= 11 is 0. The number of hydrogen-bond acceptors (Lipinski definition) is 5. The summed E-state index contributed by atoms with van der Waals surface area (Å²) in [6, 6.07) is -0.472. The molecular weight excluding hydrogens is 352 g/mol. The smallest absolute Gasteiger partial charge is 0.409 e. The zero-order valence-electron chi connectivity index (χ0n) is 15.9. The maximum absolute atomic E-state index is 12.9. The normalized spacial score (nSPS) is 22.6. The van der Waals surface area contributed by atoms with E-state index in [1.807, 2.05) is 0 Å². The van der Waals surface area contributed by atoms with Gasteiger partial charge in [-0.1, -0.05) is 25.7 Å². The Morgan fingerprint density at radius 3 is 2.19 bits per heavy atom. The topological polar surface area (TPSA) is 99.3 Å². The van der Waals surface area contributed by atoms with Crippen LogP contribution in [-0.2, 0) is 14.3 Å². The van der Waals surface area contributed by atoms with E-state index in [0.717, 1.165) is 30.6 Å². The van der Waals surface area contributed by atoms with Gasteiger partial charge in [-0.05, 0) is 19.8 Å². The first-order valence-electron chi connectivity index (χ1n) is 9.80. The van der Waals surface area contributed by atoms with Crippen molar-refractivity contribution in [1.82, 2.24) is 20.0 Å². The van der Waals surface area contributed by atoms with Crippen molar-refractivity contribution in [1.29, 1.82) is 0 Å². The van der Waals surface area contributed by atoms with Gasteiger partial charge in [0.2, 0.25) is 5.91 Å². The van der Waals surface area contributed by atoms with E-state index in [4.69, 9.17) is 4.74 Å². The molecule has 0 atom stereocenters. The lowest BCUT2D eigenvalue weighted by atomic mass is 9.90. The van der Waals surface area contributed by atoms with Gasteiger partial charge >= 0.3 is 12.1 Å². The average Bonchev–Trinajstić information content (AvgIpc) is 2.83. The number of ether oxygens (including phenoxy) is 1. The summed E-state index contributed by atoms with van der Waals surface area (Å²) < 4.78 is 4.96. The van der Waals surface area contributed by atoms with Crippen molar-refractivity contribution in [3.8, 4) is 0 Å². The van der Waals surface area contributed by atoms with Crippen molar-refractivity contribution in [3.63, 3.8) is 0 Å². The minimum Gasteiger partial charge on any atom is -0.450 e. The first-order valence-corrected chi connectivity index (χ1v) is 9.80. The van der Waals surface area contributed by atoms with Gasteiger partial charge < -0.3 is 19.9 Å². The minimum absolute atomic E-state index is 0.244. The lowest BCUT2D eigenvalue weighted by Crippen LogP contribution is -2.53. The van der Waals surface area contributed by atoms with E-state index in [1.165, 1.54) is 0 Å². The van der Waals surface area contributed by atoms with Gasteiger partial charge in [0, 0.05) is 26.2 Å². The molecule has 1 saturated carbocycles. The summed E-state index contributed by atoms with van der Waals surface area (Å²) in [5, 5.41) is 2.85. The van der Waals surface area contributed by atoms with Crippen molar-refractivity contribution in [2.45, 2.75) is 51.0 Å². The van der Waals surface area contributed by atoms with Gasteiger partial charge in [-0.25, -0.2) is 9.59 Å². The zero-order chi connectivity index (χ0) is 19.4. The van der Waals surface area contributed by atoms with Crippen LogP contribution in [0.15, 0.2) is 0 Å². The molecule has 0 aromatic heterocycles. The minimum atomic E-state index is -0.823. The molecule has 1 spiro atoms. The first-order chi connectivity index (χ1) is 13.0. The number of amides is 5. The predicted octanol–water partition coefficient (Wildman–Crippen LogP) is 0.932. The fourth-order valence-electron chi connectivity index (χ4n) is 4.08. The SMILES string of the molecule is CCOC(=O)N1CCN(C(=O)CN2C(=O)NC3(CCCCCC3)C2=O)CC1. The van der Waals surface area contributed by atoms with Gasteiger partial charge in [-0.15, -0.1) is 0 Å². The lowest BCUT2D eigenvalue weighted by Gasteiger charge is -2.34. The largest absolute Gasteiger partial charge is 0.450 e. The van der Waals surface area contributed by atoms with E-state index in [1.54, 1.807) is 16.7 Å². The van der Waals surface area contributed by atoms with Crippen LogP contribution in [0.3, 0.4) is 0 Å². The summed E-state index contributed by atoms with van der Waals surface area (Å²) in [5.74, 6) is -0.541. The van der Waals surface area contributed by atoms with Crippen LogP contribution >= 0.6 is 0 Å². The first kappa shape index (κ1) is 19.4. The average molecular weight is 380 g/mol. The number of carbonyl (C=O) groups excluding carboxylic acids is 4. The molecule has 27 heavy (non-hydrogen) atoms. The van der Waals surface area contributed by atoms with Gasteiger partial charge in [-0.3, -0.25) is 14.5 Å². The van der Waals surface area contributed by atoms with Gasteiger partial charge in [0.1, 0.15) is 12.1 Å². The van der Waals surface area contributed by atoms with Crippen LogP contribution in [0.25, 0.3) is 0 Å².